The topological polar surface area (TPSA) is 73.6 Å². The van der Waals surface area contributed by atoms with Crippen molar-refractivity contribution in [1.82, 2.24) is 9.55 Å². The van der Waals surface area contributed by atoms with E-state index in [2.05, 4.69) is 25.9 Å². The van der Waals surface area contributed by atoms with Gasteiger partial charge in [0.2, 0.25) is 6.08 Å². The monoisotopic (exact) mass is 273 g/mol. The Balaban J connectivity index is 3.24. The lowest BCUT2D eigenvalue weighted by Crippen LogP contribution is -2.10. The predicted molar refractivity (Wildman–Crippen MR) is 54.6 cm³/mol. The molecule has 0 aliphatic rings. The van der Waals surface area contributed by atoms with E-state index >= 15 is 0 Å². The molecule has 80 valence electrons. The highest BCUT2D eigenvalue weighted by Gasteiger charge is 2.20. The summed E-state index contributed by atoms with van der Waals surface area (Å²) in [5.41, 5.74) is 0.118. The lowest BCUT2D eigenvalue weighted by molar-refractivity contribution is 0.0516. The third-order valence-corrected chi connectivity index (χ3v) is 2.35. The van der Waals surface area contributed by atoms with Crippen LogP contribution in [0.15, 0.2) is 9.73 Å². The van der Waals surface area contributed by atoms with Crippen molar-refractivity contribution in [1.29, 1.82) is 0 Å². The van der Waals surface area contributed by atoms with Gasteiger partial charge in [-0.25, -0.2) is 14.6 Å². The number of carbonyl (C=O) groups is 1. The first kappa shape index (κ1) is 11.6. The first-order chi connectivity index (χ1) is 7.11. The van der Waals surface area contributed by atoms with Crippen molar-refractivity contribution in [2.75, 3.05) is 6.61 Å². The molecule has 15 heavy (non-hydrogen) atoms. The van der Waals surface area contributed by atoms with E-state index in [0.717, 1.165) is 0 Å². The molecule has 7 heteroatoms. The van der Waals surface area contributed by atoms with Gasteiger partial charge >= 0.3 is 5.97 Å². The van der Waals surface area contributed by atoms with Crippen molar-refractivity contribution in [3.8, 4) is 0 Å². The summed E-state index contributed by atoms with van der Waals surface area (Å²) in [5.74, 6) is -0.579. The molecule has 0 spiro atoms. The quantitative estimate of drug-likeness (QED) is 0.473. The number of carbonyl (C=O) groups excluding carboxylic acids is 2. The number of esters is 1. The number of hydrogen-bond donors (Lipinski definition) is 0. The van der Waals surface area contributed by atoms with Gasteiger partial charge in [0.15, 0.2) is 16.2 Å². The molecule has 0 fully saturated rings. The zero-order chi connectivity index (χ0) is 11.4. The van der Waals surface area contributed by atoms with Crippen molar-refractivity contribution in [2.45, 2.75) is 6.92 Å². The van der Waals surface area contributed by atoms with Crippen molar-refractivity contribution >= 4 is 33.8 Å². The number of nitrogens with zero attached hydrogens (tertiary/aromatic N) is 3. The lowest BCUT2D eigenvalue weighted by Gasteiger charge is -2.02. The molecule has 0 aliphatic carbocycles. The van der Waals surface area contributed by atoms with Crippen molar-refractivity contribution in [3.05, 3.63) is 10.4 Å². The van der Waals surface area contributed by atoms with Crippen molar-refractivity contribution < 1.29 is 14.3 Å². The Bertz CT molecular complexity index is 435. The van der Waals surface area contributed by atoms with Gasteiger partial charge in [0, 0.05) is 7.05 Å². The molecular formula is C8H8BrN3O3. The first-order valence-corrected chi connectivity index (χ1v) is 4.88. The van der Waals surface area contributed by atoms with E-state index in [1.54, 1.807) is 14.0 Å². The van der Waals surface area contributed by atoms with Gasteiger partial charge in [0.05, 0.1) is 6.61 Å². The Kier molecular flexibility index (Phi) is 3.76. The molecule has 0 N–H and O–H groups in total. The van der Waals surface area contributed by atoms with E-state index < -0.39 is 5.97 Å². The second-order valence-electron chi connectivity index (χ2n) is 2.54. The predicted octanol–water partition coefficient (Wildman–Crippen LogP) is 1.33. The van der Waals surface area contributed by atoms with Gasteiger partial charge in [-0.1, -0.05) is 0 Å². The number of aliphatic imine (C=N–C) groups is 1. The molecule has 1 heterocycles. The molecule has 0 amide bonds. The van der Waals surface area contributed by atoms with Crippen molar-refractivity contribution in [2.24, 2.45) is 12.0 Å². The normalized spacial score (nSPS) is 9.53. The minimum Gasteiger partial charge on any atom is -0.461 e. The zero-order valence-corrected chi connectivity index (χ0v) is 9.74. The second-order valence-corrected chi connectivity index (χ2v) is 3.24. The fraction of sp³-hybridized carbons (Fsp3) is 0.375. The second kappa shape index (κ2) is 4.86. The van der Waals surface area contributed by atoms with Crippen LogP contribution in [0.4, 0.5) is 5.82 Å². The first-order valence-electron chi connectivity index (χ1n) is 4.09. The van der Waals surface area contributed by atoms with Crippen LogP contribution in [0.3, 0.4) is 0 Å². The van der Waals surface area contributed by atoms with Gasteiger partial charge in [0.25, 0.3) is 0 Å². The number of aromatic nitrogens is 2. The summed E-state index contributed by atoms with van der Waals surface area (Å²) in [7, 11) is 1.60. The minimum atomic E-state index is -0.577. The van der Waals surface area contributed by atoms with Gasteiger partial charge in [-0.15, -0.1) is 4.99 Å². The molecule has 0 radical (unpaired) electrons. The van der Waals surface area contributed by atoms with Crippen LogP contribution in [0.5, 0.6) is 0 Å². The fourth-order valence-electron chi connectivity index (χ4n) is 1.01. The summed E-state index contributed by atoms with van der Waals surface area (Å²) in [6.07, 6.45) is 1.33. The Morgan fingerprint density at radius 1 is 1.73 bits per heavy atom. The number of isocyanates is 1. The highest BCUT2D eigenvalue weighted by atomic mass is 79.9. The zero-order valence-electron chi connectivity index (χ0n) is 8.15. The SMILES string of the molecule is CCOC(=O)c1c(N=C=O)nc(Br)n1C. The van der Waals surface area contributed by atoms with Crippen LogP contribution in [0.1, 0.15) is 17.4 Å². The lowest BCUT2D eigenvalue weighted by atomic mass is 10.4. The molecule has 0 unspecified atom stereocenters. The van der Waals surface area contributed by atoms with Gasteiger partial charge in [-0.05, 0) is 22.9 Å². The molecule has 0 aliphatic heterocycles. The van der Waals surface area contributed by atoms with Crippen LogP contribution in [-0.2, 0) is 16.6 Å². The average Bonchev–Trinajstić information content (AvgIpc) is 2.44. The third-order valence-electron chi connectivity index (χ3n) is 1.64. The van der Waals surface area contributed by atoms with Crippen LogP contribution < -0.4 is 0 Å². The maximum absolute atomic E-state index is 11.5. The molecular weight excluding hydrogens is 266 g/mol. The fourth-order valence-corrected chi connectivity index (χ4v) is 1.35. The molecule has 0 saturated carbocycles. The summed E-state index contributed by atoms with van der Waals surface area (Å²) in [6, 6.07) is 0. The summed E-state index contributed by atoms with van der Waals surface area (Å²) >= 11 is 3.11. The highest BCUT2D eigenvalue weighted by Crippen LogP contribution is 2.22. The third kappa shape index (κ3) is 2.31. The van der Waals surface area contributed by atoms with E-state index in [9.17, 15) is 9.59 Å². The molecule has 0 saturated heterocycles. The van der Waals surface area contributed by atoms with Crippen LogP contribution >= 0.6 is 15.9 Å². The summed E-state index contributed by atoms with van der Waals surface area (Å²) < 4.78 is 6.63. The van der Waals surface area contributed by atoms with Gasteiger partial charge in [0.1, 0.15) is 0 Å². The Morgan fingerprint density at radius 3 is 2.93 bits per heavy atom. The Labute approximate surface area is 94.1 Å². The van der Waals surface area contributed by atoms with Crippen LogP contribution in [0, 0.1) is 0 Å². The molecule has 1 aromatic heterocycles. The molecule has 6 nitrogen and oxygen atoms in total. The maximum Gasteiger partial charge on any atom is 0.359 e. The van der Waals surface area contributed by atoms with E-state index in [1.807, 2.05) is 0 Å². The van der Waals surface area contributed by atoms with Crippen molar-refractivity contribution in [3.63, 3.8) is 0 Å². The Hall–Kier alpha value is -1.46. The van der Waals surface area contributed by atoms with Gasteiger partial charge in [-0.3, -0.25) is 0 Å². The van der Waals surface area contributed by atoms with Crippen LogP contribution in [0.25, 0.3) is 0 Å². The Morgan fingerprint density at radius 2 is 2.40 bits per heavy atom. The molecule has 1 rings (SSSR count). The average molecular weight is 274 g/mol. The summed E-state index contributed by atoms with van der Waals surface area (Å²) in [4.78, 5) is 28.8. The largest absolute Gasteiger partial charge is 0.461 e. The summed E-state index contributed by atoms with van der Waals surface area (Å²) in [5, 5.41) is 0. The van der Waals surface area contributed by atoms with E-state index in [-0.39, 0.29) is 18.1 Å². The number of halogens is 1. The summed E-state index contributed by atoms with van der Waals surface area (Å²) in [6.45, 7) is 1.93. The number of imidazole rings is 1. The molecule has 0 atom stereocenters. The number of rotatable bonds is 3. The molecule has 0 aromatic carbocycles. The smallest absolute Gasteiger partial charge is 0.359 e. The van der Waals surface area contributed by atoms with E-state index in [4.69, 9.17) is 4.74 Å². The van der Waals surface area contributed by atoms with Gasteiger partial charge in [-0.2, -0.15) is 0 Å². The van der Waals surface area contributed by atoms with E-state index in [1.165, 1.54) is 10.6 Å². The van der Waals surface area contributed by atoms with E-state index in [0.29, 0.717) is 4.73 Å². The molecule has 0 bridgehead atoms. The number of ether oxygens (including phenoxy) is 1. The van der Waals surface area contributed by atoms with Gasteiger partial charge < -0.3 is 9.30 Å². The minimum absolute atomic E-state index is 0.00201. The van der Waals surface area contributed by atoms with Crippen LogP contribution in [0.2, 0.25) is 0 Å². The highest BCUT2D eigenvalue weighted by molar-refractivity contribution is 9.10. The van der Waals surface area contributed by atoms with Crippen LogP contribution in [-0.4, -0.2) is 28.2 Å². The maximum atomic E-state index is 11.5. The number of hydrogen-bond acceptors (Lipinski definition) is 5. The molecule has 1 aromatic rings. The standard InChI is InChI=1S/C8H8BrN3O3/c1-3-15-7(14)5-6(10-4-13)11-8(9)12(5)2/h3H2,1-2H3.